The van der Waals surface area contributed by atoms with Gasteiger partial charge in [-0.05, 0) is 28.1 Å². The molecule has 0 amide bonds. The van der Waals surface area contributed by atoms with E-state index in [1.54, 1.807) is 0 Å². The van der Waals surface area contributed by atoms with Crippen molar-refractivity contribution >= 4 is 26.0 Å². The van der Waals surface area contributed by atoms with Gasteiger partial charge in [0, 0.05) is 0 Å². The molecule has 1 aromatic carbocycles. The summed E-state index contributed by atoms with van der Waals surface area (Å²) in [5, 5.41) is 0. The third-order valence-corrected chi connectivity index (χ3v) is 3.56. The molecule has 3 nitrogen and oxygen atoms in total. The smallest absolute Gasteiger partial charge is 0.282 e. The molecule has 1 aromatic rings. The number of hydrogen-bond donors (Lipinski definition) is 1. The molecule has 1 N–H and O–H groups in total. The van der Waals surface area contributed by atoms with E-state index < -0.39 is 31.2 Å². The monoisotopic (exact) mass is 304 g/mol. The summed E-state index contributed by atoms with van der Waals surface area (Å²) in [5.41, 5.74) is -1.15. The summed E-state index contributed by atoms with van der Waals surface area (Å²) < 4.78 is 66.3. The molecule has 0 aliphatic rings. The second kappa shape index (κ2) is 3.76. The fraction of sp³-hybridized carbons (Fsp3) is 0.143. The first-order valence-electron chi connectivity index (χ1n) is 3.47. The molecule has 0 aliphatic carbocycles. The van der Waals surface area contributed by atoms with Gasteiger partial charge in [-0.1, -0.05) is 6.07 Å². The number of benzene rings is 1. The van der Waals surface area contributed by atoms with Crippen molar-refractivity contribution in [2.24, 2.45) is 0 Å². The first-order chi connectivity index (χ1) is 6.64. The van der Waals surface area contributed by atoms with Gasteiger partial charge in [0.15, 0.2) is 0 Å². The Morgan fingerprint density at radius 3 is 2.20 bits per heavy atom. The molecule has 0 radical (unpaired) electrons. The molecule has 8 heteroatoms. The summed E-state index contributed by atoms with van der Waals surface area (Å²) >= 11 is 2.49. The van der Waals surface area contributed by atoms with Crippen LogP contribution in [0.15, 0.2) is 27.6 Å². The van der Waals surface area contributed by atoms with Gasteiger partial charge >= 0.3 is 6.18 Å². The fourth-order valence-electron chi connectivity index (χ4n) is 0.929. The molecule has 0 saturated heterocycles. The first-order valence-corrected chi connectivity index (χ1v) is 5.70. The molecule has 15 heavy (non-hydrogen) atoms. The fourth-order valence-corrected chi connectivity index (χ4v) is 2.62. The van der Waals surface area contributed by atoms with Crippen molar-refractivity contribution in [3.05, 3.63) is 28.2 Å². The maximum absolute atomic E-state index is 12.3. The minimum Gasteiger partial charge on any atom is -0.282 e. The summed E-state index contributed by atoms with van der Waals surface area (Å²) in [5.74, 6) is 0. The van der Waals surface area contributed by atoms with E-state index in [4.69, 9.17) is 4.55 Å². The topological polar surface area (TPSA) is 54.4 Å². The second-order valence-corrected chi connectivity index (χ2v) is 4.77. The number of alkyl halides is 3. The molecule has 0 fully saturated rings. The van der Waals surface area contributed by atoms with Gasteiger partial charge in [0.05, 0.1) is 10.0 Å². The summed E-state index contributed by atoms with van der Waals surface area (Å²) in [7, 11) is -4.66. The van der Waals surface area contributed by atoms with Crippen LogP contribution in [0.1, 0.15) is 5.56 Å². The molecular weight excluding hydrogens is 301 g/mol. The van der Waals surface area contributed by atoms with E-state index in [2.05, 4.69) is 15.9 Å². The van der Waals surface area contributed by atoms with E-state index in [0.29, 0.717) is 6.07 Å². The minimum atomic E-state index is -4.68. The van der Waals surface area contributed by atoms with Crippen molar-refractivity contribution in [1.82, 2.24) is 0 Å². The van der Waals surface area contributed by atoms with Crippen LogP contribution in [0.3, 0.4) is 0 Å². The van der Waals surface area contributed by atoms with E-state index in [0.717, 1.165) is 12.1 Å². The lowest BCUT2D eigenvalue weighted by atomic mass is 10.2. The Kier molecular flexibility index (Phi) is 3.13. The lowest BCUT2D eigenvalue weighted by Crippen LogP contribution is -2.09. The Labute approximate surface area is 91.8 Å². The van der Waals surface area contributed by atoms with Gasteiger partial charge < -0.3 is 0 Å². The third-order valence-electron chi connectivity index (χ3n) is 1.55. The second-order valence-electron chi connectivity index (χ2n) is 2.59. The molecule has 84 valence electrons. The zero-order valence-electron chi connectivity index (χ0n) is 6.92. The average Bonchev–Trinajstić information content (AvgIpc) is 1.99. The van der Waals surface area contributed by atoms with Crippen LogP contribution in [0.2, 0.25) is 0 Å². The van der Waals surface area contributed by atoms with Crippen LogP contribution >= 0.6 is 15.9 Å². The van der Waals surface area contributed by atoms with E-state index in [1.807, 2.05) is 0 Å². The predicted molar refractivity (Wildman–Crippen MR) is 49.0 cm³/mol. The lowest BCUT2D eigenvalue weighted by Gasteiger charge is -2.10. The van der Waals surface area contributed by atoms with Crippen LogP contribution in [0.25, 0.3) is 0 Å². The van der Waals surface area contributed by atoms with Crippen LogP contribution in [0.4, 0.5) is 13.2 Å². The molecule has 0 bridgehead atoms. The van der Waals surface area contributed by atoms with Crippen molar-refractivity contribution in [1.29, 1.82) is 0 Å². The Morgan fingerprint density at radius 2 is 1.80 bits per heavy atom. The molecule has 0 aliphatic heterocycles. The Hall–Kier alpha value is -0.600. The van der Waals surface area contributed by atoms with Gasteiger partial charge in [0.2, 0.25) is 0 Å². The van der Waals surface area contributed by atoms with Crippen molar-refractivity contribution in [2.75, 3.05) is 0 Å². The highest BCUT2D eigenvalue weighted by molar-refractivity contribution is 9.10. The van der Waals surface area contributed by atoms with Crippen LogP contribution in [0, 0.1) is 0 Å². The Balaban J connectivity index is 3.51. The number of hydrogen-bond acceptors (Lipinski definition) is 2. The first kappa shape index (κ1) is 12.5. The highest BCUT2D eigenvalue weighted by Gasteiger charge is 2.35. The van der Waals surface area contributed by atoms with Gasteiger partial charge in [0.25, 0.3) is 10.1 Å². The highest BCUT2D eigenvalue weighted by atomic mass is 79.9. The van der Waals surface area contributed by atoms with Gasteiger partial charge in [-0.2, -0.15) is 21.6 Å². The molecule has 0 saturated carbocycles. The Morgan fingerprint density at radius 1 is 1.27 bits per heavy atom. The number of halogens is 4. The lowest BCUT2D eigenvalue weighted by molar-refractivity contribution is -0.138. The maximum Gasteiger partial charge on any atom is 0.417 e. The van der Waals surface area contributed by atoms with E-state index in [9.17, 15) is 21.6 Å². The van der Waals surface area contributed by atoms with Crippen molar-refractivity contribution < 1.29 is 26.1 Å². The summed E-state index contributed by atoms with van der Waals surface area (Å²) in [6.07, 6.45) is -4.68. The minimum absolute atomic E-state index is 0.694. The highest BCUT2D eigenvalue weighted by Crippen LogP contribution is 2.37. The zero-order valence-corrected chi connectivity index (χ0v) is 9.32. The van der Waals surface area contributed by atoms with Crippen molar-refractivity contribution in [3.63, 3.8) is 0 Å². The average molecular weight is 305 g/mol. The van der Waals surface area contributed by atoms with Crippen LogP contribution in [-0.4, -0.2) is 13.0 Å². The third kappa shape index (κ3) is 2.70. The summed E-state index contributed by atoms with van der Waals surface area (Å²) in [4.78, 5) is -0.808. The van der Waals surface area contributed by atoms with Crippen LogP contribution in [-0.2, 0) is 16.3 Å². The number of rotatable bonds is 1. The summed E-state index contributed by atoms with van der Waals surface area (Å²) in [6, 6.07) is 2.48. The van der Waals surface area contributed by atoms with E-state index in [-0.39, 0.29) is 0 Å². The summed E-state index contributed by atoms with van der Waals surface area (Å²) in [6.45, 7) is 0. The molecule has 0 heterocycles. The largest absolute Gasteiger partial charge is 0.417 e. The van der Waals surface area contributed by atoms with Crippen LogP contribution < -0.4 is 0 Å². The Bertz CT molecular complexity index is 481. The molecule has 0 atom stereocenters. The molecule has 0 spiro atoms. The van der Waals surface area contributed by atoms with Crippen LogP contribution in [0.5, 0.6) is 0 Å². The normalized spacial score (nSPS) is 12.9. The van der Waals surface area contributed by atoms with Gasteiger partial charge in [0.1, 0.15) is 4.90 Å². The van der Waals surface area contributed by atoms with Gasteiger partial charge in [-0.25, -0.2) is 0 Å². The predicted octanol–water partition coefficient (Wildman–Crippen LogP) is 2.71. The van der Waals surface area contributed by atoms with Gasteiger partial charge in [-0.15, -0.1) is 0 Å². The van der Waals surface area contributed by atoms with Crippen molar-refractivity contribution in [3.8, 4) is 0 Å². The molecule has 1 rings (SSSR count). The molecule has 0 aromatic heterocycles. The molecule has 0 unspecified atom stereocenters. The van der Waals surface area contributed by atoms with Crippen molar-refractivity contribution in [2.45, 2.75) is 11.1 Å². The standard InChI is InChI=1S/C7H4BrF3O3S/c8-6-4(7(9,10)11)2-1-3-5(6)15(12,13)14/h1-3H,(H,12,13,14). The maximum atomic E-state index is 12.3. The van der Waals surface area contributed by atoms with Gasteiger partial charge in [-0.3, -0.25) is 4.55 Å². The quantitative estimate of drug-likeness (QED) is 0.812. The zero-order chi connectivity index (χ0) is 11.9. The van der Waals surface area contributed by atoms with E-state index >= 15 is 0 Å². The van der Waals surface area contributed by atoms with E-state index in [1.165, 1.54) is 0 Å². The molecular formula is C7H4BrF3O3S. The SMILES string of the molecule is O=S(=O)(O)c1cccc(C(F)(F)F)c1Br.